The van der Waals surface area contributed by atoms with Crippen LogP contribution in [0.1, 0.15) is 36.0 Å². The second-order valence-corrected chi connectivity index (χ2v) is 9.22. The molecule has 2 aliphatic rings. The number of halogens is 1. The molecule has 1 aliphatic heterocycles. The van der Waals surface area contributed by atoms with Crippen LogP contribution in [0.4, 0.5) is 16.2 Å². The number of nitrogens with one attached hydrogen (secondary N) is 3. The average molecular weight is 511 g/mol. The van der Waals surface area contributed by atoms with Gasteiger partial charge in [0.2, 0.25) is 0 Å². The molecule has 33 heavy (non-hydrogen) atoms. The van der Waals surface area contributed by atoms with Gasteiger partial charge in [-0.25, -0.2) is 14.8 Å². The molecule has 1 aromatic carbocycles. The zero-order valence-corrected chi connectivity index (χ0v) is 19.4. The number of ether oxygens (including phenoxy) is 1. The van der Waals surface area contributed by atoms with Gasteiger partial charge in [0.15, 0.2) is 5.78 Å². The summed E-state index contributed by atoms with van der Waals surface area (Å²) in [5.41, 5.74) is 2.54. The molecule has 170 valence electrons. The monoisotopic (exact) mass is 510 g/mol. The standard InChI is InChI=1S/C23H23BrN6O3/c24-14-5-6-19-17(8-14)20(18(12-26-19)21(31)13-3-4-13)29-16-10-27-22(28-11-16)33-23(32)30-15-2-1-7-25-9-15/h5-6,8,10-13,15,25H,1-4,7,9H2,(H,26,29)(H,30,32). The highest BCUT2D eigenvalue weighted by Gasteiger charge is 2.32. The third-order valence-corrected chi connectivity index (χ3v) is 6.24. The summed E-state index contributed by atoms with van der Waals surface area (Å²) < 4.78 is 6.10. The van der Waals surface area contributed by atoms with E-state index in [9.17, 15) is 9.59 Å². The van der Waals surface area contributed by atoms with Gasteiger partial charge in [-0.2, -0.15) is 0 Å². The molecule has 10 heteroatoms. The molecule has 1 saturated heterocycles. The van der Waals surface area contributed by atoms with E-state index in [1.54, 1.807) is 6.20 Å². The Kier molecular flexibility index (Phi) is 6.19. The lowest BCUT2D eigenvalue weighted by atomic mass is 10.0. The van der Waals surface area contributed by atoms with E-state index in [2.05, 4.69) is 46.8 Å². The van der Waals surface area contributed by atoms with Crippen LogP contribution in [-0.2, 0) is 0 Å². The second-order valence-electron chi connectivity index (χ2n) is 8.30. The molecule has 0 bridgehead atoms. The average Bonchev–Trinajstić information content (AvgIpc) is 3.66. The number of aromatic nitrogens is 3. The molecule has 1 amide bonds. The summed E-state index contributed by atoms with van der Waals surface area (Å²) in [6, 6.07) is 5.72. The number of carbonyl (C=O) groups excluding carboxylic acids is 2. The van der Waals surface area contributed by atoms with Crippen LogP contribution >= 0.6 is 15.9 Å². The summed E-state index contributed by atoms with van der Waals surface area (Å²) in [5, 5.41) is 10.1. The lowest BCUT2D eigenvalue weighted by Crippen LogP contribution is -2.46. The number of hydrogen-bond donors (Lipinski definition) is 3. The van der Waals surface area contributed by atoms with Crippen molar-refractivity contribution in [2.75, 3.05) is 18.4 Å². The van der Waals surface area contributed by atoms with E-state index >= 15 is 0 Å². The molecule has 3 N–H and O–H groups in total. The number of nitrogens with zero attached hydrogens (tertiary/aromatic N) is 3. The highest BCUT2D eigenvalue weighted by Crippen LogP contribution is 2.38. The van der Waals surface area contributed by atoms with Gasteiger partial charge in [-0.15, -0.1) is 0 Å². The number of pyridine rings is 1. The number of carbonyl (C=O) groups is 2. The molecule has 3 aromatic rings. The minimum Gasteiger partial charge on any atom is -0.374 e. The number of anilines is 2. The van der Waals surface area contributed by atoms with Crippen LogP contribution in [0.3, 0.4) is 0 Å². The van der Waals surface area contributed by atoms with E-state index < -0.39 is 6.09 Å². The molecule has 9 nitrogen and oxygen atoms in total. The summed E-state index contributed by atoms with van der Waals surface area (Å²) in [6.07, 6.45) is 7.82. The van der Waals surface area contributed by atoms with E-state index in [4.69, 9.17) is 4.74 Å². The van der Waals surface area contributed by atoms with Crippen LogP contribution in [0.5, 0.6) is 6.01 Å². The summed E-state index contributed by atoms with van der Waals surface area (Å²) >= 11 is 3.50. The largest absolute Gasteiger partial charge is 0.415 e. The van der Waals surface area contributed by atoms with Gasteiger partial charge in [-0.3, -0.25) is 9.78 Å². The fourth-order valence-corrected chi connectivity index (χ4v) is 4.24. The van der Waals surface area contributed by atoms with Crippen LogP contribution < -0.4 is 20.7 Å². The van der Waals surface area contributed by atoms with Gasteiger partial charge in [-0.05, 0) is 50.4 Å². The maximum atomic E-state index is 12.9. The predicted molar refractivity (Wildman–Crippen MR) is 127 cm³/mol. The highest BCUT2D eigenvalue weighted by molar-refractivity contribution is 9.10. The van der Waals surface area contributed by atoms with Crippen LogP contribution in [0.15, 0.2) is 41.3 Å². The summed E-state index contributed by atoms with van der Waals surface area (Å²) in [5.74, 6) is 0.142. The van der Waals surface area contributed by atoms with E-state index in [1.165, 1.54) is 12.4 Å². The molecular weight excluding hydrogens is 488 g/mol. The number of rotatable bonds is 6. The first-order chi connectivity index (χ1) is 16.1. The molecule has 0 spiro atoms. The number of piperidine rings is 1. The first kappa shape index (κ1) is 21.7. The van der Waals surface area contributed by atoms with Gasteiger partial charge in [0.05, 0.1) is 34.8 Å². The van der Waals surface area contributed by atoms with Gasteiger partial charge in [0.1, 0.15) is 0 Å². The Hall–Kier alpha value is -3.11. The Bertz CT molecular complexity index is 1190. The maximum absolute atomic E-state index is 12.9. The minimum atomic E-state index is -0.577. The molecule has 5 rings (SSSR count). The van der Waals surface area contributed by atoms with Crippen LogP contribution in [0.2, 0.25) is 0 Å². The van der Waals surface area contributed by atoms with E-state index in [1.807, 2.05) is 18.2 Å². The zero-order valence-electron chi connectivity index (χ0n) is 17.8. The molecule has 1 aliphatic carbocycles. The molecule has 2 fully saturated rings. The number of amides is 1. The number of Topliss-reactive ketones (excluding diaryl/α,β-unsaturated/α-hetero) is 1. The fraction of sp³-hybridized carbons (Fsp3) is 0.348. The Morgan fingerprint density at radius 3 is 2.64 bits per heavy atom. The summed E-state index contributed by atoms with van der Waals surface area (Å²) in [6.45, 7) is 1.68. The van der Waals surface area contributed by atoms with Gasteiger partial charge in [0, 0.05) is 34.6 Å². The SMILES string of the molecule is O=C(NC1CCCNC1)Oc1ncc(Nc2c(C(=O)C3CC3)cnc3ccc(Br)cc23)cn1. The van der Waals surface area contributed by atoms with Crippen molar-refractivity contribution in [3.8, 4) is 6.01 Å². The Labute approximate surface area is 198 Å². The van der Waals surface area contributed by atoms with Gasteiger partial charge in [-0.1, -0.05) is 15.9 Å². The van der Waals surface area contributed by atoms with E-state index in [-0.39, 0.29) is 23.8 Å². The zero-order chi connectivity index (χ0) is 22.8. The lowest BCUT2D eigenvalue weighted by Gasteiger charge is -2.23. The first-order valence-electron chi connectivity index (χ1n) is 11.0. The molecular formula is C23H23BrN6O3. The van der Waals surface area contributed by atoms with Crippen LogP contribution in [-0.4, -0.2) is 46.0 Å². The van der Waals surface area contributed by atoms with Crippen molar-refractivity contribution in [2.24, 2.45) is 5.92 Å². The Morgan fingerprint density at radius 1 is 1.09 bits per heavy atom. The van der Waals surface area contributed by atoms with Crippen molar-refractivity contribution in [3.63, 3.8) is 0 Å². The normalized spacial score (nSPS) is 18.0. The summed E-state index contributed by atoms with van der Waals surface area (Å²) in [4.78, 5) is 37.8. The molecule has 0 radical (unpaired) electrons. The first-order valence-corrected chi connectivity index (χ1v) is 11.8. The molecule has 3 heterocycles. The summed E-state index contributed by atoms with van der Waals surface area (Å²) in [7, 11) is 0. The maximum Gasteiger partial charge on any atom is 0.415 e. The smallest absolute Gasteiger partial charge is 0.374 e. The minimum absolute atomic E-state index is 0.0360. The topological polar surface area (TPSA) is 118 Å². The number of benzene rings is 1. The lowest BCUT2D eigenvalue weighted by molar-refractivity contribution is 0.0968. The predicted octanol–water partition coefficient (Wildman–Crippen LogP) is 3.96. The van der Waals surface area contributed by atoms with Crippen molar-refractivity contribution in [2.45, 2.75) is 31.7 Å². The van der Waals surface area contributed by atoms with E-state index in [0.717, 1.165) is 54.1 Å². The Morgan fingerprint density at radius 2 is 1.91 bits per heavy atom. The third-order valence-electron chi connectivity index (χ3n) is 5.74. The van der Waals surface area contributed by atoms with Gasteiger partial charge >= 0.3 is 12.1 Å². The van der Waals surface area contributed by atoms with Crippen LogP contribution in [0.25, 0.3) is 10.9 Å². The quantitative estimate of drug-likeness (QED) is 0.426. The highest BCUT2D eigenvalue weighted by atomic mass is 79.9. The number of hydrogen-bond acceptors (Lipinski definition) is 8. The van der Waals surface area contributed by atoms with Crippen molar-refractivity contribution in [1.29, 1.82) is 0 Å². The fourth-order valence-electron chi connectivity index (χ4n) is 3.88. The van der Waals surface area contributed by atoms with Crippen molar-refractivity contribution in [3.05, 3.63) is 46.8 Å². The van der Waals surface area contributed by atoms with Crippen molar-refractivity contribution in [1.82, 2.24) is 25.6 Å². The molecule has 1 unspecified atom stereocenters. The van der Waals surface area contributed by atoms with Gasteiger partial charge < -0.3 is 20.7 Å². The second kappa shape index (κ2) is 9.40. The van der Waals surface area contributed by atoms with E-state index in [0.29, 0.717) is 16.9 Å². The van der Waals surface area contributed by atoms with Crippen LogP contribution in [0, 0.1) is 5.92 Å². The Balaban J connectivity index is 1.34. The molecule has 1 atom stereocenters. The number of fused-ring (bicyclic) bond motifs is 1. The molecule has 2 aromatic heterocycles. The molecule has 1 saturated carbocycles. The van der Waals surface area contributed by atoms with Crippen molar-refractivity contribution >= 4 is 50.1 Å². The number of ketones is 1. The third kappa shape index (κ3) is 5.12. The van der Waals surface area contributed by atoms with Gasteiger partial charge in [0.25, 0.3) is 0 Å². The van der Waals surface area contributed by atoms with Crippen molar-refractivity contribution < 1.29 is 14.3 Å².